The smallest absolute Gasteiger partial charge is 0.0590 e. The van der Waals surface area contributed by atoms with Crippen molar-refractivity contribution < 1.29 is 0 Å². The molecular formula is C22H22NP. The molecule has 24 heavy (non-hydrogen) atoms. The summed E-state index contributed by atoms with van der Waals surface area (Å²) < 4.78 is 5.28. The van der Waals surface area contributed by atoms with E-state index in [0.717, 1.165) is 5.57 Å². The van der Waals surface area contributed by atoms with E-state index in [1.165, 1.54) is 15.9 Å². The fraction of sp³-hybridized carbons (Fsp3) is 0.0909. The Balaban J connectivity index is 2.37. The third kappa shape index (κ3) is 3.27. The van der Waals surface area contributed by atoms with Gasteiger partial charge >= 0.3 is 0 Å². The van der Waals surface area contributed by atoms with Crippen LogP contribution in [0.25, 0.3) is 0 Å². The summed E-state index contributed by atoms with van der Waals surface area (Å²) in [5.41, 5.74) is 1.09. The van der Waals surface area contributed by atoms with E-state index in [0.29, 0.717) is 6.54 Å². The third-order valence-electron chi connectivity index (χ3n) is 3.94. The van der Waals surface area contributed by atoms with Crippen LogP contribution in [0, 0.1) is 0 Å². The van der Waals surface area contributed by atoms with Gasteiger partial charge in [0.15, 0.2) is 0 Å². The maximum atomic E-state index is 5.28. The molecule has 3 aromatic rings. The number of rotatable bonds is 5. The minimum absolute atomic E-state index is 0.673. The molecule has 0 unspecified atom stereocenters. The van der Waals surface area contributed by atoms with Crippen LogP contribution in [-0.2, 0) is 0 Å². The van der Waals surface area contributed by atoms with E-state index in [2.05, 4.69) is 97.6 Å². The van der Waals surface area contributed by atoms with Gasteiger partial charge in [0.2, 0.25) is 0 Å². The lowest BCUT2D eigenvalue weighted by Gasteiger charge is -2.27. The van der Waals surface area contributed by atoms with Gasteiger partial charge in [-0.3, -0.25) is 4.74 Å². The molecule has 0 aromatic heterocycles. The van der Waals surface area contributed by atoms with Gasteiger partial charge in [0.05, 0.1) is 13.6 Å². The van der Waals surface area contributed by atoms with Gasteiger partial charge in [-0.15, -0.1) is 0 Å². The Kier molecular flexibility index (Phi) is 5.13. The predicted molar refractivity (Wildman–Crippen MR) is 107 cm³/mol. The van der Waals surface area contributed by atoms with E-state index in [1.54, 1.807) is 0 Å². The Bertz CT molecular complexity index is 749. The minimum atomic E-state index is -2.04. The van der Waals surface area contributed by atoms with E-state index < -0.39 is 7.05 Å². The van der Waals surface area contributed by atoms with Crippen molar-refractivity contribution in [1.82, 2.24) is 0 Å². The first-order valence-corrected chi connectivity index (χ1v) is 9.87. The Morgan fingerprint density at radius 2 is 1.04 bits per heavy atom. The van der Waals surface area contributed by atoms with Crippen LogP contribution < -0.4 is 15.9 Å². The number of benzene rings is 3. The predicted octanol–water partition coefficient (Wildman–Crippen LogP) is 4.74. The fourth-order valence-corrected chi connectivity index (χ4v) is 6.50. The molecule has 0 aliphatic carbocycles. The van der Waals surface area contributed by atoms with Gasteiger partial charge < -0.3 is 0 Å². The molecule has 0 aliphatic heterocycles. The van der Waals surface area contributed by atoms with Crippen LogP contribution >= 0.6 is 7.05 Å². The summed E-state index contributed by atoms with van der Waals surface area (Å²) >= 11 is 0. The monoisotopic (exact) mass is 331 g/mol. The van der Waals surface area contributed by atoms with Gasteiger partial charge in [-0.2, -0.15) is 0 Å². The molecular weight excluding hydrogens is 309 g/mol. The summed E-state index contributed by atoms with van der Waals surface area (Å²) in [5.74, 6) is 0. The molecule has 0 heterocycles. The normalized spacial score (nSPS) is 11.0. The summed E-state index contributed by atoms with van der Waals surface area (Å²) in [7, 11) is -2.04. The third-order valence-corrected chi connectivity index (χ3v) is 7.64. The van der Waals surface area contributed by atoms with Crippen LogP contribution in [0.2, 0.25) is 0 Å². The van der Waals surface area contributed by atoms with Crippen LogP contribution in [0.4, 0.5) is 0 Å². The zero-order valence-corrected chi connectivity index (χ0v) is 14.9. The van der Waals surface area contributed by atoms with Crippen LogP contribution in [0.3, 0.4) is 0 Å². The molecule has 0 aliphatic rings. The first-order chi connectivity index (χ1) is 11.7. The molecule has 3 aromatic carbocycles. The van der Waals surface area contributed by atoms with Crippen molar-refractivity contribution in [2.75, 3.05) is 6.54 Å². The zero-order valence-electron chi connectivity index (χ0n) is 14.0. The van der Waals surface area contributed by atoms with Gasteiger partial charge in [0.25, 0.3) is 0 Å². The first kappa shape index (κ1) is 16.5. The average Bonchev–Trinajstić information content (AvgIpc) is 2.65. The standard InChI is InChI=1S/C22H22NP/c1-19(2)18-23-24(20-12-6-3-7-13-20,21-14-8-4-9-15-21)22-16-10-5-11-17-22/h3-17H,1,18H2,2H3. The average molecular weight is 331 g/mol. The van der Waals surface area contributed by atoms with E-state index in [-0.39, 0.29) is 0 Å². The molecule has 0 fully saturated rings. The molecule has 0 saturated heterocycles. The highest BCUT2D eigenvalue weighted by Gasteiger charge is 2.26. The summed E-state index contributed by atoms with van der Waals surface area (Å²) in [6, 6.07) is 32.0. The molecule has 0 radical (unpaired) electrons. The SMILES string of the molecule is C=C(C)CN=P(c1ccccc1)(c1ccccc1)c1ccccc1. The highest BCUT2D eigenvalue weighted by molar-refractivity contribution is 7.87. The van der Waals surface area contributed by atoms with Gasteiger partial charge in [0.1, 0.15) is 0 Å². The van der Waals surface area contributed by atoms with Gasteiger partial charge in [0, 0.05) is 15.9 Å². The zero-order chi connectivity index (χ0) is 16.8. The van der Waals surface area contributed by atoms with Crippen LogP contribution in [0.15, 0.2) is 108 Å². The highest BCUT2D eigenvalue weighted by atomic mass is 31.2. The van der Waals surface area contributed by atoms with Crippen molar-refractivity contribution in [3.8, 4) is 0 Å². The molecule has 0 spiro atoms. The van der Waals surface area contributed by atoms with Crippen molar-refractivity contribution in [3.63, 3.8) is 0 Å². The van der Waals surface area contributed by atoms with Gasteiger partial charge in [-0.05, 0) is 6.92 Å². The molecule has 0 atom stereocenters. The lowest BCUT2D eigenvalue weighted by Crippen LogP contribution is -2.25. The van der Waals surface area contributed by atoms with Crippen LogP contribution in [0.5, 0.6) is 0 Å². The van der Waals surface area contributed by atoms with E-state index in [9.17, 15) is 0 Å². The molecule has 0 bridgehead atoms. The molecule has 3 rings (SSSR count). The van der Waals surface area contributed by atoms with E-state index in [4.69, 9.17) is 4.74 Å². The highest BCUT2D eigenvalue weighted by Crippen LogP contribution is 2.46. The largest absolute Gasteiger partial charge is 0.285 e. The van der Waals surface area contributed by atoms with E-state index >= 15 is 0 Å². The number of nitrogens with zero attached hydrogens (tertiary/aromatic N) is 1. The topological polar surface area (TPSA) is 12.4 Å². The molecule has 1 nitrogen and oxygen atoms in total. The van der Waals surface area contributed by atoms with Crippen molar-refractivity contribution in [2.24, 2.45) is 4.74 Å². The molecule has 0 N–H and O–H groups in total. The molecule has 0 amide bonds. The maximum absolute atomic E-state index is 5.28. The Labute approximate surface area is 144 Å². The van der Waals surface area contributed by atoms with Crippen molar-refractivity contribution in [2.45, 2.75) is 6.92 Å². The number of hydrogen-bond donors (Lipinski definition) is 0. The Morgan fingerprint density at radius 1 is 0.708 bits per heavy atom. The van der Waals surface area contributed by atoms with Crippen molar-refractivity contribution in [1.29, 1.82) is 0 Å². The van der Waals surface area contributed by atoms with Crippen LogP contribution in [0.1, 0.15) is 6.92 Å². The molecule has 0 saturated carbocycles. The summed E-state index contributed by atoms with van der Waals surface area (Å²) in [4.78, 5) is 0. The first-order valence-electron chi connectivity index (χ1n) is 8.13. The van der Waals surface area contributed by atoms with Gasteiger partial charge in [-0.25, -0.2) is 0 Å². The van der Waals surface area contributed by atoms with Crippen LogP contribution in [-0.4, -0.2) is 6.54 Å². The maximum Gasteiger partial charge on any atom is 0.0590 e. The van der Waals surface area contributed by atoms with Gasteiger partial charge in [-0.1, -0.05) is 103 Å². The van der Waals surface area contributed by atoms with Crippen molar-refractivity contribution in [3.05, 3.63) is 103 Å². The molecule has 120 valence electrons. The summed E-state index contributed by atoms with van der Waals surface area (Å²) in [6.45, 7) is 6.78. The number of hydrogen-bond acceptors (Lipinski definition) is 1. The Morgan fingerprint density at radius 3 is 1.33 bits per heavy atom. The minimum Gasteiger partial charge on any atom is -0.285 e. The van der Waals surface area contributed by atoms with E-state index in [1.807, 2.05) is 6.92 Å². The lowest BCUT2D eigenvalue weighted by atomic mass is 10.4. The van der Waals surface area contributed by atoms with Crippen molar-refractivity contribution >= 4 is 23.0 Å². The lowest BCUT2D eigenvalue weighted by molar-refractivity contribution is 1.16. The second kappa shape index (κ2) is 7.47. The second-order valence-corrected chi connectivity index (χ2v) is 9.00. The molecule has 2 heteroatoms. The quantitative estimate of drug-likeness (QED) is 0.473. The summed E-state index contributed by atoms with van der Waals surface area (Å²) in [6.07, 6.45) is 0. The fourth-order valence-electron chi connectivity index (χ4n) is 2.85. The summed E-state index contributed by atoms with van der Waals surface area (Å²) in [5, 5.41) is 3.84. The second-order valence-electron chi connectivity index (χ2n) is 5.90. The Hall–Kier alpha value is -2.37.